The highest BCUT2D eigenvalue weighted by atomic mass is 35.5. The van der Waals surface area contributed by atoms with E-state index < -0.39 is 0 Å². The molecule has 0 saturated carbocycles. The number of amides is 1. The molecule has 2 nitrogen and oxygen atoms in total. The van der Waals surface area contributed by atoms with Crippen molar-refractivity contribution in [3.05, 3.63) is 33.8 Å². The summed E-state index contributed by atoms with van der Waals surface area (Å²) in [6.45, 7) is 2.03. The van der Waals surface area contributed by atoms with E-state index in [9.17, 15) is 4.79 Å². The van der Waals surface area contributed by atoms with Crippen molar-refractivity contribution >= 4 is 29.1 Å². The number of rotatable bonds is 2. The SMILES string of the molecule is CC(=O)NCCC#Cc1cc(Cl)cc(Cl)c1. The lowest BCUT2D eigenvalue weighted by molar-refractivity contribution is -0.118. The van der Waals surface area contributed by atoms with Gasteiger partial charge in [-0.25, -0.2) is 0 Å². The highest BCUT2D eigenvalue weighted by Gasteiger charge is 1.94. The Labute approximate surface area is 105 Å². The molecule has 1 rings (SSSR count). The number of hydrogen-bond donors (Lipinski definition) is 1. The summed E-state index contributed by atoms with van der Waals surface area (Å²) >= 11 is 11.6. The molecule has 0 fully saturated rings. The molecule has 0 atom stereocenters. The molecule has 4 heteroatoms. The van der Waals surface area contributed by atoms with E-state index in [2.05, 4.69) is 17.2 Å². The molecule has 0 radical (unpaired) electrons. The van der Waals surface area contributed by atoms with Gasteiger partial charge in [-0.1, -0.05) is 35.0 Å². The number of nitrogens with one attached hydrogen (secondary N) is 1. The summed E-state index contributed by atoms with van der Waals surface area (Å²) < 4.78 is 0. The molecule has 84 valence electrons. The number of carbonyl (C=O) groups is 1. The van der Waals surface area contributed by atoms with Crippen molar-refractivity contribution in [3.63, 3.8) is 0 Å². The van der Waals surface area contributed by atoms with Crippen LogP contribution in [0.1, 0.15) is 18.9 Å². The number of carbonyl (C=O) groups excluding carboxylic acids is 1. The van der Waals surface area contributed by atoms with Crippen LogP contribution in [0, 0.1) is 11.8 Å². The van der Waals surface area contributed by atoms with E-state index in [-0.39, 0.29) is 5.91 Å². The third kappa shape index (κ3) is 5.06. The van der Waals surface area contributed by atoms with E-state index in [1.165, 1.54) is 6.92 Å². The van der Waals surface area contributed by atoms with Crippen molar-refractivity contribution in [2.75, 3.05) is 6.54 Å². The van der Waals surface area contributed by atoms with Crippen LogP contribution in [0.15, 0.2) is 18.2 Å². The molecular weight excluding hydrogens is 245 g/mol. The Balaban J connectivity index is 2.53. The van der Waals surface area contributed by atoms with Gasteiger partial charge in [0.1, 0.15) is 0 Å². The van der Waals surface area contributed by atoms with Crippen molar-refractivity contribution < 1.29 is 4.79 Å². The molecule has 0 spiro atoms. The predicted octanol–water partition coefficient (Wildman–Crippen LogP) is 2.87. The summed E-state index contributed by atoms with van der Waals surface area (Å²) in [5, 5.41) is 3.80. The van der Waals surface area contributed by atoms with E-state index in [1.54, 1.807) is 18.2 Å². The van der Waals surface area contributed by atoms with Gasteiger partial charge in [0.25, 0.3) is 0 Å². The van der Waals surface area contributed by atoms with Crippen LogP contribution < -0.4 is 5.32 Å². The fourth-order valence-corrected chi connectivity index (χ4v) is 1.62. The van der Waals surface area contributed by atoms with Gasteiger partial charge in [-0.3, -0.25) is 4.79 Å². The van der Waals surface area contributed by atoms with E-state index in [4.69, 9.17) is 23.2 Å². The van der Waals surface area contributed by atoms with E-state index in [0.717, 1.165) is 5.56 Å². The monoisotopic (exact) mass is 255 g/mol. The van der Waals surface area contributed by atoms with Crippen LogP contribution in [-0.4, -0.2) is 12.5 Å². The Hall–Kier alpha value is -1.17. The van der Waals surface area contributed by atoms with Gasteiger partial charge in [0, 0.05) is 35.5 Å². The maximum Gasteiger partial charge on any atom is 0.216 e. The van der Waals surface area contributed by atoms with Gasteiger partial charge < -0.3 is 5.32 Å². The molecule has 0 aliphatic carbocycles. The van der Waals surface area contributed by atoms with E-state index in [0.29, 0.717) is 23.0 Å². The summed E-state index contributed by atoms with van der Waals surface area (Å²) in [4.78, 5) is 10.6. The highest BCUT2D eigenvalue weighted by molar-refractivity contribution is 6.34. The minimum absolute atomic E-state index is 0.0485. The molecule has 0 aromatic heterocycles. The molecule has 0 unspecified atom stereocenters. The maximum atomic E-state index is 10.6. The lowest BCUT2D eigenvalue weighted by Gasteiger charge is -1.96. The van der Waals surface area contributed by atoms with Crippen molar-refractivity contribution in [1.82, 2.24) is 5.32 Å². The second kappa shape index (κ2) is 6.42. The zero-order valence-corrected chi connectivity index (χ0v) is 10.3. The Morgan fingerprint density at radius 1 is 1.31 bits per heavy atom. The largest absolute Gasteiger partial charge is 0.355 e. The molecule has 1 N–H and O–H groups in total. The summed E-state index contributed by atoms with van der Waals surface area (Å²) in [6.07, 6.45) is 0.601. The Bertz CT molecular complexity index is 426. The fourth-order valence-electron chi connectivity index (χ4n) is 1.09. The molecule has 1 aromatic carbocycles. The fraction of sp³-hybridized carbons (Fsp3) is 0.250. The van der Waals surface area contributed by atoms with Gasteiger partial charge >= 0.3 is 0 Å². The van der Waals surface area contributed by atoms with Gasteiger partial charge in [-0.05, 0) is 18.2 Å². The topological polar surface area (TPSA) is 29.1 Å². The van der Waals surface area contributed by atoms with Crippen molar-refractivity contribution in [2.24, 2.45) is 0 Å². The van der Waals surface area contributed by atoms with Gasteiger partial charge in [0.15, 0.2) is 0 Å². The van der Waals surface area contributed by atoms with Crippen molar-refractivity contribution in [1.29, 1.82) is 0 Å². The zero-order chi connectivity index (χ0) is 12.0. The van der Waals surface area contributed by atoms with Crippen molar-refractivity contribution in [2.45, 2.75) is 13.3 Å². The molecule has 0 aliphatic rings. The van der Waals surface area contributed by atoms with Crippen LogP contribution in [0.5, 0.6) is 0 Å². The number of benzene rings is 1. The number of hydrogen-bond acceptors (Lipinski definition) is 1. The Kier molecular flexibility index (Phi) is 5.18. The molecule has 0 heterocycles. The average molecular weight is 256 g/mol. The summed E-state index contributed by atoms with van der Waals surface area (Å²) in [5.41, 5.74) is 0.778. The van der Waals surface area contributed by atoms with Crippen molar-refractivity contribution in [3.8, 4) is 11.8 Å². The second-order valence-corrected chi connectivity index (χ2v) is 4.07. The molecule has 1 amide bonds. The number of halogens is 2. The van der Waals surface area contributed by atoms with Crippen LogP contribution in [0.2, 0.25) is 10.0 Å². The van der Waals surface area contributed by atoms with E-state index in [1.807, 2.05) is 0 Å². The van der Waals surface area contributed by atoms with E-state index >= 15 is 0 Å². The second-order valence-electron chi connectivity index (χ2n) is 3.19. The molecule has 0 bridgehead atoms. The first-order valence-electron chi connectivity index (χ1n) is 4.77. The summed E-state index contributed by atoms with van der Waals surface area (Å²) in [6, 6.07) is 5.16. The minimum atomic E-state index is -0.0485. The normalized spacial score (nSPS) is 9.19. The molecule has 0 saturated heterocycles. The van der Waals surface area contributed by atoms with Gasteiger partial charge in [-0.15, -0.1) is 0 Å². The molecular formula is C12H11Cl2NO. The van der Waals surface area contributed by atoms with Gasteiger partial charge in [0.2, 0.25) is 5.91 Å². The maximum absolute atomic E-state index is 10.6. The predicted molar refractivity (Wildman–Crippen MR) is 66.6 cm³/mol. The Morgan fingerprint density at radius 3 is 2.50 bits per heavy atom. The minimum Gasteiger partial charge on any atom is -0.355 e. The first kappa shape index (κ1) is 12.9. The third-order valence-corrected chi connectivity index (χ3v) is 2.16. The smallest absolute Gasteiger partial charge is 0.216 e. The zero-order valence-electron chi connectivity index (χ0n) is 8.81. The first-order valence-corrected chi connectivity index (χ1v) is 5.53. The molecule has 0 aliphatic heterocycles. The molecule has 16 heavy (non-hydrogen) atoms. The summed E-state index contributed by atoms with van der Waals surface area (Å²) in [7, 11) is 0. The molecule has 1 aromatic rings. The van der Waals surface area contributed by atoms with Crippen LogP contribution in [-0.2, 0) is 4.79 Å². The lowest BCUT2D eigenvalue weighted by Crippen LogP contribution is -2.20. The highest BCUT2D eigenvalue weighted by Crippen LogP contribution is 2.18. The Morgan fingerprint density at radius 2 is 1.94 bits per heavy atom. The first-order chi connectivity index (χ1) is 7.58. The third-order valence-electron chi connectivity index (χ3n) is 1.72. The lowest BCUT2D eigenvalue weighted by atomic mass is 10.2. The van der Waals surface area contributed by atoms with Gasteiger partial charge in [0.05, 0.1) is 0 Å². The van der Waals surface area contributed by atoms with Crippen LogP contribution >= 0.6 is 23.2 Å². The van der Waals surface area contributed by atoms with Crippen LogP contribution in [0.25, 0.3) is 0 Å². The standard InChI is InChI=1S/C12H11Cl2NO/c1-9(16)15-5-3-2-4-10-6-11(13)8-12(14)7-10/h6-8H,3,5H2,1H3,(H,15,16). The van der Waals surface area contributed by atoms with Crippen LogP contribution in [0.3, 0.4) is 0 Å². The van der Waals surface area contributed by atoms with Gasteiger partial charge in [-0.2, -0.15) is 0 Å². The average Bonchev–Trinajstić information content (AvgIpc) is 2.15. The van der Waals surface area contributed by atoms with Crippen LogP contribution in [0.4, 0.5) is 0 Å². The summed E-state index contributed by atoms with van der Waals surface area (Å²) in [5.74, 6) is 5.81. The quantitative estimate of drug-likeness (QED) is 0.639.